The first-order chi connectivity index (χ1) is 13.4. The molecule has 0 bridgehead atoms. The van der Waals surface area contributed by atoms with Crippen LogP contribution in [0, 0.1) is 13.8 Å². The minimum atomic E-state index is -3.99. The summed E-state index contributed by atoms with van der Waals surface area (Å²) in [7, 11) is -3.99. The molecule has 2 aromatic heterocycles. The minimum Gasteiger partial charge on any atom is -0.479 e. The Labute approximate surface area is 173 Å². The molecule has 0 aliphatic heterocycles. The van der Waals surface area contributed by atoms with Gasteiger partial charge in [-0.1, -0.05) is 17.7 Å². The molecule has 29 heavy (non-hydrogen) atoms. The standard InChI is InChI=1S/C20H21ClN2O5S/c1-12-7-13(2)9-15(8-12)29(26,27)23-14(11-28-20(3,4)19(24)25)10-16-17(23)5-6-18(21)22-16/h5-10H,11H2,1-4H3,(H,24,25). The van der Waals surface area contributed by atoms with Gasteiger partial charge in [0.15, 0.2) is 5.60 Å². The molecule has 7 nitrogen and oxygen atoms in total. The Morgan fingerprint density at radius 3 is 2.38 bits per heavy atom. The van der Waals surface area contributed by atoms with Gasteiger partial charge in [-0.15, -0.1) is 0 Å². The first-order valence-corrected chi connectivity index (χ1v) is 10.6. The Morgan fingerprint density at radius 2 is 1.79 bits per heavy atom. The molecule has 9 heteroatoms. The van der Waals surface area contributed by atoms with Gasteiger partial charge in [-0.25, -0.2) is 22.2 Å². The lowest BCUT2D eigenvalue weighted by Crippen LogP contribution is -2.34. The van der Waals surface area contributed by atoms with Gasteiger partial charge in [-0.2, -0.15) is 0 Å². The Morgan fingerprint density at radius 1 is 1.17 bits per heavy atom. The molecule has 0 atom stereocenters. The van der Waals surface area contributed by atoms with Gasteiger partial charge in [0, 0.05) is 0 Å². The third kappa shape index (κ3) is 4.14. The lowest BCUT2D eigenvalue weighted by Gasteiger charge is -2.21. The van der Waals surface area contributed by atoms with Crippen molar-refractivity contribution in [1.82, 2.24) is 8.96 Å². The van der Waals surface area contributed by atoms with Gasteiger partial charge in [0.05, 0.1) is 28.2 Å². The first kappa shape index (κ1) is 21.3. The van der Waals surface area contributed by atoms with Crippen molar-refractivity contribution in [2.45, 2.75) is 44.8 Å². The molecule has 0 saturated heterocycles. The molecule has 0 amide bonds. The zero-order chi connectivity index (χ0) is 21.6. The van der Waals surface area contributed by atoms with E-state index in [9.17, 15) is 18.3 Å². The molecule has 0 aliphatic carbocycles. The number of carboxylic acids is 1. The van der Waals surface area contributed by atoms with Crippen molar-refractivity contribution in [2.24, 2.45) is 0 Å². The quantitative estimate of drug-likeness (QED) is 0.588. The Kier molecular flexibility index (Phi) is 5.46. The van der Waals surface area contributed by atoms with Gasteiger partial charge in [0.1, 0.15) is 5.15 Å². The number of carbonyl (C=O) groups is 1. The summed E-state index contributed by atoms with van der Waals surface area (Å²) in [6, 6.07) is 9.67. The summed E-state index contributed by atoms with van der Waals surface area (Å²) >= 11 is 5.97. The average molecular weight is 437 g/mol. The number of nitrogens with zero attached hydrogens (tertiary/aromatic N) is 2. The predicted molar refractivity (Wildman–Crippen MR) is 110 cm³/mol. The molecule has 0 saturated carbocycles. The van der Waals surface area contributed by atoms with Crippen molar-refractivity contribution in [2.75, 3.05) is 0 Å². The van der Waals surface area contributed by atoms with Crippen LogP contribution in [0.4, 0.5) is 0 Å². The van der Waals surface area contributed by atoms with E-state index in [0.717, 1.165) is 15.1 Å². The number of hydrogen-bond donors (Lipinski definition) is 1. The normalized spacial score (nSPS) is 12.4. The molecule has 2 heterocycles. The van der Waals surface area contributed by atoms with Crippen LogP contribution in [0.15, 0.2) is 41.3 Å². The molecular formula is C20H21ClN2O5S. The van der Waals surface area contributed by atoms with Gasteiger partial charge in [-0.3, -0.25) is 0 Å². The maximum Gasteiger partial charge on any atom is 0.335 e. The van der Waals surface area contributed by atoms with Crippen LogP contribution < -0.4 is 0 Å². The smallest absolute Gasteiger partial charge is 0.335 e. The van der Waals surface area contributed by atoms with Crippen LogP contribution in [0.2, 0.25) is 5.15 Å². The van der Waals surface area contributed by atoms with Crippen LogP contribution in [0.5, 0.6) is 0 Å². The third-order valence-electron chi connectivity index (χ3n) is 4.48. The molecule has 0 aliphatic rings. The van der Waals surface area contributed by atoms with E-state index < -0.39 is 21.6 Å². The van der Waals surface area contributed by atoms with Crippen molar-refractivity contribution in [3.8, 4) is 0 Å². The molecule has 0 spiro atoms. The summed E-state index contributed by atoms with van der Waals surface area (Å²) in [6.45, 7) is 6.20. The summed E-state index contributed by atoms with van der Waals surface area (Å²) in [5, 5.41) is 9.50. The highest BCUT2D eigenvalue weighted by atomic mass is 35.5. The molecule has 1 N–H and O–H groups in total. The van der Waals surface area contributed by atoms with Crippen molar-refractivity contribution in [3.63, 3.8) is 0 Å². The number of aryl methyl sites for hydroxylation is 2. The highest BCUT2D eigenvalue weighted by Gasteiger charge is 2.30. The predicted octanol–water partition coefficient (Wildman–Crippen LogP) is 3.92. The fourth-order valence-corrected chi connectivity index (χ4v) is 4.84. The van der Waals surface area contributed by atoms with Crippen LogP contribution in [-0.4, -0.2) is 34.1 Å². The monoisotopic (exact) mass is 436 g/mol. The summed E-state index contributed by atoms with van der Waals surface area (Å²) < 4.78 is 33.7. The second-order valence-electron chi connectivity index (χ2n) is 7.37. The molecule has 0 radical (unpaired) electrons. The average Bonchev–Trinajstić information content (AvgIpc) is 2.97. The molecule has 0 fully saturated rings. The van der Waals surface area contributed by atoms with Crippen LogP contribution in [0.3, 0.4) is 0 Å². The molecule has 1 aromatic carbocycles. The number of rotatable bonds is 6. The van der Waals surface area contributed by atoms with E-state index >= 15 is 0 Å². The number of aliphatic carboxylic acids is 1. The van der Waals surface area contributed by atoms with E-state index in [4.69, 9.17) is 16.3 Å². The Bertz CT molecular complexity index is 1190. The number of fused-ring (bicyclic) bond motifs is 1. The van der Waals surface area contributed by atoms with Crippen LogP contribution >= 0.6 is 11.6 Å². The van der Waals surface area contributed by atoms with E-state index in [0.29, 0.717) is 11.0 Å². The van der Waals surface area contributed by atoms with E-state index in [1.165, 1.54) is 19.9 Å². The zero-order valence-electron chi connectivity index (χ0n) is 16.4. The Hall–Kier alpha value is -2.42. The lowest BCUT2D eigenvalue weighted by atomic mass is 10.1. The molecule has 154 valence electrons. The fraction of sp³-hybridized carbons (Fsp3) is 0.300. The number of hydrogen-bond acceptors (Lipinski definition) is 5. The largest absolute Gasteiger partial charge is 0.479 e. The van der Waals surface area contributed by atoms with E-state index in [1.54, 1.807) is 24.3 Å². The van der Waals surface area contributed by atoms with Crippen LogP contribution in [0.1, 0.15) is 30.7 Å². The Balaban J connectivity index is 2.20. The van der Waals surface area contributed by atoms with Crippen molar-refractivity contribution in [3.05, 3.63) is 58.4 Å². The first-order valence-electron chi connectivity index (χ1n) is 8.80. The van der Waals surface area contributed by atoms with Crippen molar-refractivity contribution in [1.29, 1.82) is 0 Å². The van der Waals surface area contributed by atoms with Crippen LogP contribution in [-0.2, 0) is 26.2 Å². The summed E-state index contributed by atoms with van der Waals surface area (Å²) in [5.41, 5.74) is 1.09. The molecular weight excluding hydrogens is 416 g/mol. The lowest BCUT2D eigenvalue weighted by molar-refractivity contribution is -0.162. The third-order valence-corrected chi connectivity index (χ3v) is 6.43. The topological polar surface area (TPSA) is 98.5 Å². The zero-order valence-corrected chi connectivity index (χ0v) is 18.0. The molecule has 0 unspecified atom stereocenters. The van der Waals surface area contributed by atoms with E-state index in [-0.39, 0.29) is 22.3 Å². The second-order valence-corrected chi connectivity index (χ2v) is 9.54. The SMILES string of the molecule is Cc1cc(C)cc(S(=O)(=O)n2c(COC(C)(C)C(=O)O)cc3nc(Cl)ccc32)c1. The molecule has 3 rings (SSSR count). The van der Waals surface area contributed by atoms with E-state index in [2.05, 4.69) is 4.98 Å². The summed E-state index contributed by atoms with van der Waals surface area (Å²) in [5.74, 6) is -1.15. The highest BCUT2D eigenvalue weighted by molar-refractivity contribution is 7.90. The minimum absolute atomic E-state index is 0.126. The maximum atomic E-state index is 13.5. The number of halogens is 1. The van der Waals surface area contributed by atoms with E-state index in [1.807, 2.05) is 19.9 Å². The number of aromatic nitrogens is 2. The summed E-state index contributed by atoms with van der Waals surface area (Å²) in [6.07, 6.45) is 0. The van der Waals surface area contributed by atoms with Gasteiger partial charge in [0.2, 0.25) is 0 Å². The number of benzene rings is 1. The van der Waals surface area contributed by atoms with Gasteiger partial charge in [-0.05, 0) is 69.2 Å². The van der Waals surface area contributed by atoms with Crippen LogP contribution in [0.25, 0.3) is 11.0 Å². The van der Waals surface area contributed by atoms with Crippen molar-refractivity contribution < 1.29 is 23.1 Å². The van der Waals surface area contributed by atoms with Gasteiger partial charge in [0.25, 0.3) is 10.0 Å². The summed E-state index contributed by atoms with van der Waals surface area (Å²) in [4.78, 5) is 15.7. The highest BCUT2D eigenvalue weighted by Crippen LogP contribution is 2.28. The number of ether oxygens (including phenoxy) is 1. The number of pyridine rings is 1. The van der Waals surface area contributed by atoms with Crippen molar-refractivity contribution >= 4 is 38.6 Å². The second kappa shape index (κ2) is 7.44. The van der Waals surface area contributed by atoms with Gasteiger partial charge < -0.3 is 9.84 Å². The molecule has 3 aromatic rings. The number of carboxylic acid groups (broad SMARTS) is 1. The fourth-order valence-electron chi connectivity index (χ4n) is 2.98. The van der Waals surface area contributed by atoms with Gasteiger partial charge >= 0.3 is 5.97 Å². The maximum absolute atomic E-state index is 13.5.